The van der Waals surface area contributed by atoms with Crippen molar-refractivity contribution in [3.63, 3.8) is 0 Å². The second-order valence-corrected chi connectivity index (χ2v) is 7.13. The van der Waals surface area contributed by atoms with Gasteiger partial charge in [0, 0.05) is 42.8 Å². The summed E-state index contributed by atoms with van der Waals surface area (Å²) in [7, 11) is 0. The zero-order valence-electron chi connectivity index (χ0n) is 13.7. The molecule has 0 saturated carbocycles. The molecule has 2 aromatic rings. The molecule has 0 amide bonds. The number of nitrogens with one attached hydrogen (secondary N) is 2. The number of morpholine rings is 1. The fourth-order valence-electron chi connectivity index (χ4n) is 2.55. The van der Waals surface area contributed by atoms with Crippen LogP contribution in [0.25, 0.3) is 11.3 Å². The van der Waals surface area contributed by atoms with E-state index in [2.05, 4.69) is 38.0 Å². The van der Waals surface area contributed by atoms with Crippen LogP contribution in [0.15, 0.2) is 29.6 Å². The van der Waals surface area contributed by atoms with Crippen molar-refractivity contribution in [2.75, 3.05) is 44.7 Å². The maximum absolute atomic E-state index is 5.36. The van der Waals surface area contributed by atoms with Gasteiger partial charge in [-0.05, 0) is 31.3 Å². The molecular weight excluding hydrogens is 340 g/mol. The minimum Gasteiger partial charge on any atom is -0.379 e. The van der Waals surface area contributed by atoms with E-state index in [1.807, 2.05) is 19.1 Å². The third-order valence-corrected chi connectivity index (χ3v) is 4.89. The Bertz CT molecular complexity index is 665. The molecule has 2 heterocycles. The van der Waals surface area contributed by atoms with Crippen molar-refractivity contribution in [1.29, 1.82) is 0 Å². The molecule has 0 aliphatic carbocycles. The van der Waals surface area contributed by atoms with Gasteiger partial charge in [-0.15, -0.1) is 11.3 Å². The van der Waals surface area contributed by atoms with E-state index >= 15 is 0 Å². The molecule has 7 heteroatoms. The first kappa shape index (κ1) is 17.3. The van der Waals surface area contributed by atoms with Crippen LogP contribution in [0.5, 0.6) is 0 Å². The standard InChI is InChI=1S/C17H22N4OS2/c1-13-19-16(12-24-13)14-2-4-15(5-3-14)20-17(23)18-6-7-21-8-10-22-11-9-21/h2-5,12H,6-11H2,1H3,(H2,18,20,23). The van der Waals surface area contributed by atoms with Crippen molar-refractivity contribution < 1.29 is 4.74 Å². The number of hydrogen-bond donors (Lipinski definition) is 2. The molecule has 2 N–H and O–H groups in total. The highest BCUT2D eigenvalue weighted by Crippen LogP contribution is 2.22. The summed E-state index contributed by atoms with van der Waals surface area (Å²) in [6, 6.07) is 8.18. The van der Waals surface area contributed by atoms with E-state index in [4.69, 9.17) is 17.0 Å². The highest BCUT2D eigenvalue weighted by molar-refractivity contribution is 7.80. The molecule has 1 aromatic carbocycles. The molecule has 0 unspecified atom stereocenters. The molecule has 0 atom stereocenters. The van der Waals surface area contributed by atoms with E-state index in [1.165, 1.54) is 0 Å². The van der Waals surface area contributed by atoms with Crippen molar-refractivity contribution >= 4 is 34.4 Å². The van der Waals surface area contributed by atoms with Crippen LogP contribution in [-0.4, -0.2) is 54.4 Å². The molecule has 1 fully saturated rings. The number of aryl methyl sites for hydroxylation is 1. The predicted octanol–water partition coefficient (Wildman–Crippen LogP) is 2.74. The molecule has 5 nitrogen and oxygen atoms in total. The van der Waals surface area contributed by atoms with E-state index in [9.17, 15) is 0 Å². The lowest BCUT2D eigenvalue weighted by atomic mass is 10.1. The van der Waals surface area contributed by atoms with Gasteiger partial charge in [-0.1, -0.05) is 12.1 Å². The largest absolute Gasteiger partial charge is 0.379 e. The van der Waals surface area contributed by atoms with E-state index < -0.39 is 0 Å². The Hall–Kier alpha value is -1.54. The van der Waals surface area contributed by atoms with Crippen molar-refractivity contribution in [1.82, 2.24) is 15.2 Å². The summed E-state index contributed by atoms with van der Waals surface area (Å²) < 4.78 is 5.35. The van der Waals surface area contributed by atoms with Gasteiger partial charge in [-0.25, -0.2) is 4.98 Å². The van der Waals surface area contributed by atoms with Crippen LogP contribution in [0.3, 0.4) is 0 Å². The lowest BCUT2D eigenvalue weighted by Crippen LogP contribution is -2.42. The average molecular weight is 363 g/mol. The Morgan fingerprint density at radius 2 is 2.04 bits per heavy atom. The first-order valence-corrected chi connectivity index (χ1v) is 9.37. The van der Waals surface area contributed by atoms with Crippen LogP contribution in [0.1, 0.15) is 5.01 Å². The maximum atomic E-state index is 5.36. The number of anilines is 1. The third-order valence-electron chi connectivity index (χ3n) is 3.87. The zero-order valence-corrected chi connectivity index (χ0v) is 15.4. The fraction of sp³-hybridized carbons (Fsp3) is 0.412. The Morgan fingerprint density at radius 1 is 1.29 bits per heavy atom. The summed E-state index contributed by atoms with van der Waals surface area (Å²) in [6.07, 6.45) is 0. The second kappa shape index (κ2) is 8.53. The van der Waals surface area contributed by atoms with Crippen molar-refractivity contribution in [3.8, 4) is 11.3 Å². The van der Waals surface area contributed by atoms with Gasteiger partial charge in [-0.3, -0.25) is 4.90 Å². The van der Waals surface area contributed by atoms with Gasteiger partial charge in [-0.2, -0.15) is 0 Å². The molecule has 0 radical (unpaired) electrons. The number of hydrogen-bond acceptors (Lipinski definition) is 5. The molecular formula is C17H22N4OS2. The number of benzene rings is 1. The van der Waals surface area contributed by atoms with Gasteiger partial charge >= 0.3 is 0 Å². The van der Waals surface area contributed by atoms with Gasteiger partial charge in [0.05, 0.1) is 23.9 Å². The van der Waals surface area contributed by atoms with Gasteiger partial charge < -0.3 is 15.4 Å². The van der Waals surface area contributed by atoms with E-state index in [1.54, 1.807) is 11.3 Å². The Kier molecular flexibility index (Phi) is 6.14. The van der Waals surface area contributed by atoms with Crippen LogP contribution in [-0.2, 0) is 4.74 Å². The molecule has 1 saturated heterocycles. The number of rotatable bonds is 5. The SMILES string of the molecule is Cc1nc(-c2ccc(NC(=S)NCCN3CCOCC3)cc2)cs1. The minimum atomic E-state index is 0.653. The second-order valence-electron chi connectivity index (χ2n) is 5.66. The number of thiocarbonyl (C=S) groups is 1. The van der Waals surface area contributed by atoms with E-state index in [0.717, 1.165) is 61.3 Å². The van der Waals surface area contributed by atoms with Gasteiger partial charge in [0.15, 0.2) is 5.11 Å². The van der Waals surface area contributed by atoms with Crippen LogP contribution in [0.4, 0.5) is 5.69 Å². The molecule has 0 bridgehead atoms. The zero-order chi connectivity index (χ0) is 16.8. The Balaban J connectivity index is 1.44. The molecule has 3 rings (SSSR count). The quantitative estimate of drug-likeness (QED) is 0.798. The van der Waals surface area contributed by atoms with Gasteiger partial charge in [0.1, 0.15) is 0 Å². The summed E-state index contributed by atoms with van der Waals surface area (Å²) in [5.74, 6) is 0. The van der Waals surface area contributed by atoms with Crippen LogP contribution < -0.4 is 10.6 Å². The van der Waals surface area contributed by atoms with Gasteiger partial charge in [0.25, 0.3) is 0 Å². The summed E-state index contributed by atoms with van der Waals surface area (Å²) in [5, 5.41) is 10.3. The molecule has 1 aromatic heterocycles. The maximum Gasteiger partial charge on any atom is 0.170 e. The number of thiazole rings is 1. The average Bonchev–Trinajstić information content (AvgIpc) is 3.03. The normalized spacial score (nSPS) is 15.2. The van der Waals surface area contributed by atoms with E-state index in [-0.39, 0.29) is 0 Å². The molecule has 1 aliphatic rings. The van der Waals surface area contributed by atoms with Crippen LogP contribution in [0.2, 0.25) is 0 Å². The molecule has 24 heavy (non-hydrogen) atoms. The lowest BCUT2D eigenvalue weighted by molar-refractivity contribution is 0.0389. The fourth-order valence-corrected chi connectivity index (χ4v) is 3.39. The van der Waals surface area contributed by atoms with Crippen molar-refractivity contribution in [3.05, 3.63) is 34.7 Å². The van der Waals surface area contributed by atoms with Crippen LogP contribution in [0, 0.1) is 6.92 Å². The lowest BCUT2D eigenvalue weighted by Gasteiger charge is -2.26. The summed E-state index contributed by atoms with van der Waals surface area (Å²) >= 11 is 7.02. The summed E-state index contributed by atoms with van der Waals surface area (Å²) in [6.45, 7) is 7.49. The minimum absolute atomic E-state index is 0.653. The van der Waals surface area contributed by atoms with Crippen molar-refractivity contribution in [2.24, 2.45) is 0 Å². The molecule has 1 aliphatic heterocycles. The molecule has 0 spiro atoms. The number of nitrogens with zero attached hydrogens (tertiary/aromatic N) is 2. The first-order valence-electron chi connectivity index (χ1n) is 8.08. The highest BCUT2D eigenvalue weighted by Gasteiger charge is 2.09. The Morgan fingerprint density at radius 3 is 2.71 bits per heavy atom. The van der Waals surface area contributed by atoms with Gasteiger partial charge in [0.2, 0.25) is 0 Å². The monoisotopic (exact) mass is 362 g/mol. The number of ether oxygens (including phenoxy) is 1. The summed E-state index contributed by atoms with van der Waals surface area (Å²) in [4.78, 5) is 6.88. The molecule has 128 valence electrons. The predicted molar refractivity (Wildman–Crippen MR) is 104 cm³/mol. The highest BCUT2D eigenvalue weighted by atomic mass is 32.1. The van der Waals surface area contributed by atoms with Crippen molar-refractivity contribution in [2.45, 2.75) is 6.92 Å². The first-order chi connectivity index (χ1) is 11.7. The topological polar surface area (TPSA) is 49.4 Å². The number of aromatic nitrogens is 1. The van der Waals surface area contributed by atoms with E-state index in [0.29, 0.717) is 5.11 Å². The smallest absolute Gasteiger partial charge is 0.170 e. The van der Waals surface area contributed by atoms with Crippen LogP contribution >= 0.6 is 23.6 Å². The Labute approximate surface area is 152 Å². The third kappa shape index (κ3) is 4.98. The summed E-state index contributed by atoms with van der Waals surface area (Å²) in [5.41, 5.74) is 3.13.